The van der Waals surface area contributed by atoms with Gasteiger partial charge in [-0.1, -0.05) is 12.1 Å². The standard InChI is InChI=1S/C12H12N2O2/c1-2-16-11-5-3-9(4-6-11)7-10(8-13)12(14)15/h3-7H,2H2,1H3,(H2,14,15)/b10-7+. The number of carbonyl (C=O) groups is 1. The maximum atomic E-state index is 10.8. The SMILES string of the molecule is CCOc1ccc(/C=C(\C#N)C(N)=O)cc1. The van der Waals surface area contributed by atoms with E-state index in [0.717, 1.165) is 11.3 Å². The van der Waals surface area contributed by atoms with Crippen molar-refractivity contribution in [2.75, 3.05) is 6.61 Å². The highest BCUT2D eigenvalue weighted by atomic mass is 16.5. The van der Waals surface area contributed by atoms with E-state index in [4.69, 9.17) is 15.7 Å². The largest absolute Gasteiger partial charge is 0.494 e. The van der Waals surface area contributed by atoms with Crippen LogP contribution >= 0.6 is 0 Å². The topological polar surface area (TPSA) is 76.1 Å². The number of nitrogens with two attached hydrogens (primary N) is 1. The van der Waals surface area contributed by atoms with Crippen LogP contribution in [0.4, 0.5) is 0 Å². The molecule has 4 nitrogen and oxygen atoms in total. The summed E-state index contributed by atoms with van der Waals surface area (Å²) in [5.74, 6) is 0.0219. The average molecular weight is 216 g/mol. The van der Waals surface area contributed by atoms with Crippen LogP contribution in [0.2, 0.25) is 0 Å². The van der Waals surface area contributed by atoms with Crippen molar-refractivity contribution >= 4 is 12.0 Å². The first-order chi connectivity index (χ1) is 7.67. The molecule has 82 valence electrons. The number of benzene rings is 1. The number of hydrogen-bond acceptors (Lipinski definition) is 3. The number of amides is 1. The van der Waals surface area contributed by atoms with Gasteiger partial charge in [0.2, 0.25) is 0 Å². The Kier molecular flexibility index (Phi) is 4.10. The van der Waals surface area contributed by atoms with E-state index < -0.39 is 5.91 Å². The summed E-state index contributed by atoms with van der Waals surface area (Å²) in [4.78, 5) is 10.8. The van der Waals surface area contributed by atoms with Gasteiger partial charge in [0.05, 0.1) is 6.61 Å². The molecule has 0 spiro atoms. The lowest BCUT2D eigenvalue weighted by atomic mass is 10.1. The summed E-state index contributed by atoms with van der Waals surface area (Å²) in [5.41, 5.74) is 5.69. The molecule has 0 saturated carbocycles. The molecule has 0 radical (unpaired) electrons. The molecule has 0 atom stereocenters. The lowest BCUT2D eigenvalue weighted by Gasteiger charge is -2.02. The molecule has 1 rings (SSSR count). The molecule has 1 amide bonds. The first kappa shape index (κ1) is 11.8. The van der Waals surface area contributed by atoms with E-state index >= 15 is 0 Å². The van der Waals surface area contributed by atoms with Gasteiger partial charge >= 0.3 is 0 Å². The minimum absolute atomic E-state index is 0.0656. The van der Waals surface area contributed by atoms with Gasteiger partial charge in [-0.15, -0.1) is 0 Å². The third-order valence-corrected chi connectivity index (χ3v) is 1.89. The van der Waals surface area contributed by atoms with Crippen LogP contribution in [-0.2, 0) is 4.79 Å². The number of hydrogen-bond donors (Lipinski definition) is 1. The highest BCUT2D eigenvalue weighted by molar-refractivity contribution is 6.00. The quantitative estimate of drug-likeness (QED) is 0.611. The molecule has 0 aliphatic heterocycles. The van der Waals surface area contributed by atoms with E-state index in [0.29, 0.717) is 6.61 Å². The van der Waals surface area contributed by atoms with Crippen LogP contribution in [0.3, 0.4) is 0 Å². The molecule has 16 heavy (non-hydrogen) atoms. The van der Waals surface area contributed by atoms with Gasteiger partial charge in [-0.05, 0) is 30.7 Å². The van der Waals surface area contributed by atoms with Gasteiger partial charge < -0.3 is 10.5 Å². The van der Waals surface area contributed by atoms with Gasteiger partial charge in [0.25, 0.3) is 5.91 Å². The van der Waals surface area contributed by atoms with Crippen LogP contribution < -0.4 is 10.5 Å². The van der Waals surface area contributed by atoms with Crippen molar-refractivity contribution in [2.45, 2.75) is 6.92 Å². The number of rotatable bonds is 4. The number of primary amides is 1. The minimum Gasteiger partial charge on any atom is -0.494 e. The van der Waals surface area contributed by atoms with Crippen molar-refractivity contribution in [2.24, 2.45) is 5.73 Å². The van der Waals surface area contributed by atoms with Crippen LogP contribution in [0.25, 0.3) is 6.08 Å². The summed E-state index contributed by atoms with van der Waals surface area (Å²) in [6.07, 6.45) is 1.44. The Bertz CT molecular complexity index is 441. The molecule has 0 bridgehead atoms. The van der Waals surface area contributed by atoms with Crippen LogP contribution in [0.15, 0.2) is 29.8 Å². The molecule has 1 aromatic carbocycles. The fraction of sp³-hybridized carbons (Fsp3) is 0.167. The van der Waals surface area contributed by atoms with Crippen LogP contribution in [0.1, 0.15) is 12.5 Å². The summed E-state index contributed by atoms with van der Waals surface area (Å²) in [6, 6.07) is 8.79. The molecular weight excluding hydrogens is 204 g/mol. The predicted molar refractivity (Wildman–Crippen MR) is 60.4 cm³/mol. The summed E-state index contributed by atoms with van der Waals surface area (Å²) in [5, 5.41) is 8.65. The maximum absolute atomic E-state index is 10.8. The number of carbonyl (C=O) groups excluding carboxylic acids is 1. The molecule has 0 unspecified atom stereocenters. The van der Waals surface area contributed by atoms with Crippen molar-refractivity contribution < 1.29 is 9.53 Å². The summed E-state index contributed by atoms with van der Waals surface area (Å²) in [6.45, 7) is 2.49. The van der Waals surface area contributed by atoms with Gasteiger partial charge in [-0.2, -0.15) is 5.26 Å². The molecule has 1 aromatic rings. The molecule has 0 fully saturated rings. The molecule has 0 aliphatic rings. The minimum atomic E-state index is -0.726. The van der Waals surface area contributed by atoms with E-state index in [9.17, 15) is 4.79 Å². The Morgan fingerprint density at radius 3 is 2.56 bits per heavy atom. The summed E-state index contributed by atoms with van der Waals surface area (Å²) >= 11 is 0. The normalized spacial score (nSPS) is 10.6. The fourth-order valence-electron chi connectivity index (χ4n) is 1.15. The Morgan fingerprint density at radius 1 is 1.50 bits per heavy atom. The molecule has 0 heterocycles. The Morgan fingerprint density at radius 2 is 2.12 bits per heavy atom. The van der Waals surface area contributed by atoms with Crippen molar-refractivity contribution in [1.82, 2.24) is 0 Å². The van der Waals surface area contributed by atoms with Gasteiger partial charge in [0, 0.05) is 0 Å². The highest BCUT2D eigenvalue weighted by Gasteiger charge is 2.02. The molecule has 0 saturated heterocycles. The lowest BCUT2D eigenvalue weighted by Crippen LogP contribution is -2.12. The molecule has 2 N–H and O–H groups in total. The van der Waals surface area contributed by atoms with E-state index in [2.05, 4.69) is 0 Å². The van der Waals surface area contributed by atoms with Gasteiger partial charge in [0.1, 0.15) is 17.4 Å². The number of ether oxygens (including phenoxy) is 1. The third-order valence-electron chi connectivity index (χ3n) is 1.89. The Hall–Kier alpha value is -2.28. The molecule has 0 aromatic heterocycles. The fourth-order valence-corrected chi connectivity index (χ4v) is 1.15. The smallest absolute Gasteiger partial charge is 0.259 e. The van der Waals surface area contributed by atoms with Crippen LogP contribution in [0.5, 0.6) is 5.75 Å². The second-order valence-electron chi connectivity index (χ2n) is 3.04. The first-order valence-corrected chi connectivity index (χ1v) is 4.82. The van der Waals surface area contributed by atoms with Crippen molar-refractivity contribution in [1.29, 1.82) is 5.26 Å². The van der Waals surface area contributed by atoms with Crippen molar-refractivity contribution in [3.63, 3.8) is 0 Å². The average Bonchev–Trinajstić information content (AvgIpc) is 2.28. The van der Waals surface area contributed by atoms with Gasteiger partial charge in [0.15, 0.2) is 0 Å². The molecule has 0 aliphatic carbocycles. The summed E-state index contributed by atoms with van der Waals surface area (Å²) in [7, 11) is 0. The Labute approximate surface area is 93.9 Å². The third kappa shape index (κ3) is 3.14. The first-order valence-electron chi connectivity index (χ1n) is 4.82. The predicted octanol–water partition coefficient (Wildman–Crippen LogP) is 1.48. The van der Waals surface area contributed by atoms with Crippen molar-refractivity contribution in [3.05, 3.63) is 35.4 Å². The maximum Gasteiger partial charge on any atom is 0.259 e. The van der Waals surface area contributed by atoms with Crippen LogP contribution in [-0.4, -0.2) is 12.5 Å². The molecule has 4 heteroatoms. The second kappa shape index (κ2) is 5.56. The highest BCUT2D eigenvalue weighted by Crippen LogP contribution is 2.14. The van der Waals surface area contributed by atoms with E-state index in [1.807, 2.05) is 6.92 Å². The zero-order chi connectivity index (χ0) is 12.0. The Balaban J connectivity index is 2.90. The van der Waals surface area contributed by atoms with E-state index in [1.165, 1.54) is 6.08 Å². The number of nitriles is 1. The monoisotopic (exact) mass is 216 g/mol. The van der Waals surface area contributed by atoms with E-state index in [1.54, 1.807) is 30.3 Å². The van der Waals surface area contributed by atoms with Crippen molar-refractivity contribution in [3.8, 4) is 11.8 Å². The van der Waals surface area contributed by atoms with Gasteiger partial charge in [-0.3, -0.25) is 4.79 Å². The van der Waals surface area contributed by atoms with Gasteiger partial charge in [-0.25, -0.2) is 0 Å². The van der Waals surface area contributed by atoms with E-state index in [-0.39, 0.29) is 5.57 Å². The van der Waals surface area contributed by atoms with Crippen LogP contribution in [0, 0.1) is 11.3 Å². The second-order valence-corrected chi connectivity index (χ2v) is 3.04. The zero-order valence-corrected chi connectivity index (χ0v) is 8.93. The lowest BCUT2D eigenvalue weighted by molar-refractivity contribution is -0.114. The number of nitrogens with zero attached hydrogens (tertiary/aromatic N) is 1. The summed E-state index contributed by atoms with van der Waals surface area (Å²) < 4.78 is 5.26. The molecular formula is C12H12N2O2. The zero-order valence-electron chi connectivity index (χ0n) is 8.93.